The molecule has 0 unspecified atom stereocenters. The van der Waals surface area contributed by atoms with E-state index in [1.54, 1.807) is 24.3 Å². The van der Waals surface area contributed by atoms with Crippen molar-refractivity contribution in [3.8, 4) is 5.75 Å². The van der Waals surface area contributed by atoms with E-state index in [0.717, 1.165) is 12.8 Å². The molecule has 0 heterocycles. The zero-order valence-corrected chi connectivity index (χ0v) is 14.1. The summed E-state index contributed by atoms with van der Waals surface area (Å²) in [6, 6.07) is 6.76. The first-order chi connectivity index (χ1) is 10.9. The molecule has 1 atom stereocenters. The minimum atomic E-state index is -0.841. The Morgan fingerprint density at radius 2 is 1.83 bits per heavy atom. The Balaban J connectivity index is 2.68. The molecule has 1 aromatic carbocycles. The molecule has 0 spiro atoms. The zero-order valence-electron chi connectivity index (χ0n) is 14.1. The molecule has 0 fully saturated rings. The van der Waals surface area contributed by atoms with Crippen LogP contribution in [0.2, 0.25) is 0 Å². The second-order valence-corrected chi connectivity index (χ2v) is 5.56. The number of primary amides is 1. The number of ether oxygens (including phenoxy) is 2. The fraction of sp³-hybridized carbons (Fsp3) is 0.529. The molecule has 23 heavy (non-hydrogen) atoms. The topological polar surface area (TPSA) is 90.7 Å². The molecular formula is C17H26N2O4. The van der Waals surface area contributed by atoms with Gasteiger partial charge in [-0.25, -0.2) is 0 Å². The van der Waals surface area contributed by atoms with Gasteiger partial charge in [-0.2, -0.15) is 0 Å². The van der Waals surface area contributed by atoms with Crippen LogP contribution in [0.3, 0.4) is 0 Å². The molecule has 6 heteroatoms. The maximum atomic E-state index is 12.5. The average molecular weight is 322 g/mol. The molecule has 3 N–H and O–H groups in total. The van der Waals surface area contributed by atoms with E-state index in [-0.39, 0.29) is 12.5 Å². The smallest absolute Gasteiger partial charge is 0.256 e. The lowest BCUT2D eigenvalue weighted by atomic mass is 9.99. The molecular weight excluding hydrogens is 296 g/mol. The molecule has 0 aliphatic heterocycles. The minimum Gasteiger partial charge on any atom is -0.484 e. The largest absolute Gasteiger partial charge is 0.484 e. The Morgan fingerprint density at radius 3 is 2.35 bits per heavy atom. The van der Waals surface area contributed by atoms with Gasteiger partial charge in [0.2, 0.25) is 0 Å². The molecule has 128 valence electrons. The van der Waals surface area contributed by atoms with Crippen LogP contribution in [-0.2, 0) is 14.3 Å². The first kappa shape index (κ1) is 19.0. The summed E-state index contributed by atoms with van der Waals surface area (Å²) in [5.74, 6) is -0.190. The maximum absolute atomic E-state index is 12.5. The molecule has 0 saturated carbocycles. The van der Waals surface area contributed by atoms with E-state index in [1.165, 1.54) is 0 Å². The molecule has 0 aliphatic carbocycles. The van der Waals surface area contributed by atoms with Crippen molar-refractivity contribution < 1.29 is 19.1 Å². The van der Waals surface area contributed by atoms with Crippen LogP contribution in [0.15, 0.2) is 24.3 Å². The Kier molecular flexibility index (Phi) is 7.54. The highest BCUT2D eigenvalue weighted by molar-refractivity contribution is 5.97. The van der Waals surface area contributed by atoms with E-state index in [1.807, 2.05) is 20.8 Å². The van der Waals surface area contributed by atoms with Gasteiger partial charge in [0.15, 0.2) is 6.61 Å². The number of benzene rings is 1. The first-order valence-electron chi connectivity index (χ1n) is 7.88. The Bertz CT molecular complexity index is 516. The van der Waals surface area contributed by atoms with Crippen molar-refractivity contribution in [3.63, 3.8) is 0 Å². The van der Waals surface area contributed by atoms with Gasteiger partial charge in [-0.3, -0.25) is 9.59 Å². The van der Waals surface area contributed by atoms with Crippen LogP contribution in [0, 0.1) is 0 Å². The predicted molar refractivity (Wildman–Crippen MR) is 89.3 cm³/mol. The lowest BCUT2D eigenvalue weighted by Crippen LogP contribution is -2.43. The van der Waals surface area contributed by atoms with E-state index in [2.05, 4.69) is 5.32 Å². The average Bonchev–Trinajstić information content (AvgIpc) is 2.52. The Hall–Kier alpha value is -2.08. The summed E-state index contributed by atoms with van der Waals surface area (Å²) in [6.45, 7) is 6.21. The second-order valence-electron chi connectivity index (χ2n) is 5.56. The van der Waals surface area contributed by atoms with Crippen LogP contribution in [0.25, 0.3) is 0 Å². The fourth-order valence-corrected chi connectivity index (χ4v) is 2.11. The van der Waals surface area contributed by atoms with Crippen LogP contribution < -0.4 is 15.8 Å². The number of anilines is 1. The number of nitrogens with one attached hydrogen (secondary N) is 1. The highest BCUT2D eigenvalue weighted by atomic mass is 16.5. The summed E-state index contributed by atoms with van der Waals surface area (Å²) in [5, 5.41) is 2.86. The molecule has 0 bridgehead atoms. The van der Waals surface area contributed by atoms with E-state index in [0.29, 0.717) is 24.5 Å². The van der Waals surface area contributed by atoms with Crippen molar-refractivity contribution in [1.82, 2.24) is 0 Å². The fourth-order valence-electron chi connectivity index (χ4n) is 2.11. The number of carbonyl (C=O) groups excluding carboxylic acids is 2. The monoisotopic (exact) mass is 322 g/mol. The van der Waals surface area contributed by atoms with Gasteiger partial charge in [-0.15, -0.1) is 0 Å². The lowest BCUT2D eigenvalue weighted by molar-refractivity contribution is -0.140. The molecule has 1 aromatic rings. The number of hydrogen-bond acceptors (Lipinski definition) is 4. The SMILES string of the molecule is CCCO[C@@](C)(CCC)C(=O)Nc1ccc(OCC(N)=O)cc1. The summed E-state index contributed by atoms with van der Waals surface area (Å²) >= 11 is 0. The zero-order chi connectivity index (χ0) is 17.3. The quantitative estimate of drug-likeness (QED) is 0.692. The van der Waals surface area contributed by atoms with Crippen molar-refractivity contribution in [3.05, 3.63) is 24.3 Å². The number of hydrogen-bond donors (Lipinski definition) is 2. The van der Waals surface area contributed by atoms with E-state index in [9.17, 15) is 9.59 Å². The van der Waals surface area contributed by atoms with Gasteiger partial charge in [-0.05, 0) is 44.0 Å². The van der Waals surface area contributed by atoms with E-state index >= 15 is 0 Å². The van der Waals surface area contributed by atoms with Crippen molar-refractivity contribution in [2.45, 2.75) is 45.6 Å². The summed E-state index contributed by atoms with van der Waals surface area (Å²) < 4.78 is 10.9. The van der Waals surface area contributed by atoms with E-state index < -0.39 is 11.5 Å². The summed E-state index contributed by atoms with van der Waals surface area (Å²) in [6.07, 6.45) is 2.37. The molecule has 0 radical (unpaired) electrons. The third kappa shape index (κ3) is 6.28. The van der Waals surface area contributed by atoms with Crippen LogP contribution >= 0.6 is 0 Å². The van der Waals surface area contributed by atoms with Gasteiger partial charge >= 0.3 is 0 Å². The van der Waals surface area contributed by atoms with E-state index in [4.69, 9.17) is 15.2 Å². The number of rotatable bonds is 10. The van der Waals surface area contributed by atoms with Gasteiger partial charge in [0.05, 0.1) is 0 Å². The van der Waals surface area contributed by atoms with Gasteiger partial charge in [0.25, 0.3) is 11.8 Å². The van der Waals surface area contributed by atoms with Crippen molar-refractivity contribution in [1.29, 1.82) is 0 Å². The molecule has 2 amide bonds. The maximum Gasteiger partial charge on any atom is 0.256 e. The third-order valence-corrected chi connectivity index (χ3v) is 3.33. The summed E-state index contributed by atoms with van der Waals surface area (Å²) in [5.41, 5.74) is 4.82. The number of nitrogens with two attached hydrogens (primary N) is 1. The predicted octanol–water partition coefficient (Wildman–Crippen LogP) is 2.47. The number of carbonyl (C=O) groups is 2. The van der Waals surface area contributed by atoms with Gasteiger partial charge < -0.3 is 20.5 Å². The molecule has 0 saturated heterocycles. The Labute approximate surface area is 137 Å². The van der Waals surface area contributed by atoms with Crippen LogP contribution in [0.4, 0.5) is 5.69 Å². The lowest BCUT2D eigenvalue weighted by Gasteiger charge is -2.28. The van der Waals surface area contributed by atoms with Crippen LogP contribution in [0.5, 0.6) is 5.75 Å². The van der Waals surface area contributed by atoms with Crippen LogP contribution in [-0.4, -0.2) is 30.6 Å². The van der Waals surface area contributed by atoms with Crippen molar-refractivity contribution in [2.24, 2.45) is 5.73 Å². The van der Waals surface area contributed by atoms with Gasteiger partial charge in [0, 0.05) is 12.3 Å². The van der Waals surface area contributed by atoms with Crippen molar-refractivity contribution in [2.75, 3.05) is 18.5 Å². The minimum absolute atomic E-state index is 0.168. The van der Waals surface area contributed by atoms with Gasteiger partial charge in [0.1, 0.15) is 11.4 Å². The van der Waals surface area contributed by atoms with Crippen LogP contribution in [0.1, 0.15) is 40.0 Å². The van der Waals surface area contributed by atoms with Gasteiger partial charge in [-0.1, -0.05) is 20.3 Å². The molecule has 0 aromatic heterocycles. The summed E-state index contributed by atoms with van der Waals surface area (Å²) in [4.78, 5) is 23.2. The van der Waals surface area contributed by atoms with Crippen molar-refractivity contribution >= 4 is 17.5 Å². The summed E-state index contributed by atoms with van der Waals surface area (Å²) in [7, 11) is 0. The Morgan fingerprint density at radius 1 is 1.17 bits per heavy atom. The second kappa shape index (κ2) is 9.15. The third-order valence-electron chi connectivity index (χ3n) is 3.33. The number of amides is 2. The standard InChI is InChI=1S/C17H26N2O4/c1-4-10-17(3,23-11-5-2)16(21)19-13-6-8-14(9-7-13)22-12-15(18)20/h6-9H,4-5,10-12H2,1-3H3,(H2,18,20)(H,19,21)/t17-/m0/s1. The highest BCUT2D eigenvalue weighted by Crippen LogP contribution is 2.22. The highest BCUT2D eigenvalue weighted by Gasteiger charge is 2.33. The normalized spacial score (nSPS) is 13.2. The molecule has 1 rings (SSSR count). The molecule has 6 nitrogen and oxygen atoms in total. The molecule has 0 aliphatic rings. The first-order valence-corrected chi connectivity index (χ1v) is 7.88.